The van der Waals surface area contributed by atoms with Gasteiger partial charge in [0, 0.05) is 12.1 Å². The molecule has 2 aromatic carbocycles. The fourth-order valence-electron chi connectivity index (χ4n) is 2.35. The van der Waals surface area contributed by atoms with E-state index in [1.54, 1.807) is 12.1 Å². The number of non-ortho nitro benzene ring substituents is 1. The molecule has 0 fully saturated rings. The van der Waals surface area contributed by atoms with Gasteiger partial charge in [0.15, 0.2) is 0 Å². The van der Waals surface area contributed by atoms with Gasteiger partial charge in [-0.3, -0.25) is 24.6 Å². The number of anilines is 1. The summed E-state index contributed by atoms with van der Waals surface area (Å²) in [5, 5.41) is 10.9. The molecule has 0 aliphatic rings. The van der Waals surface area contributed by atoms with Crippen LogP contribution >= 0.6 is 0 Å². The van der Waals surface area contributed by atoms with Gasteiger partial charge in [0.25, 0.3) is 21.6 Å². The molecular formula is C16H18N4O5S. The van der Waals surface area contributed by atoms with Crippen LogP contribution in [0, 0.1) is 24.0 Å². The van der Waals surface area contributed by atoms with Gasteiger partial charge in [-0.1, -0.05) is 17.7 Å². The first-order valence-corrected chi connectivity index (χ1v) is 8.94. The zero-order valence-corrected chi connectivity index (χ0v) is 15.0. The van der Waals surface area contributed by atoms with Gasteiger partial charge in [0.2, 0.25) is 0 Å². The van der Waals surface area contributed by atoms with Crippen molar-refractivity contribution in [3.05, 3.63) is 63.7 Å². The number of nitro groups is 1. The van der Waals surface area contributed by atoms with Gasteiger partial charge >= 0.3 is 0 Å². The highest BCUT2D eigenvalue weighted by molar-refractivity contribution is 7.92. The molecule has 0 aliphatic heterocycles. The standard InChI is InChI=1S/C16H18N4O5S/c1-11-3-6-14(7-4-11)26(24,25)19(10-16(21)18-17)15-8-5-13(20(22)23)9-12(15)2/h3-9H,10,17H2,1-2H3,(H,18,21). The molecule has 9 nitrogen and oxygen atoms in total. The van der Waals surface area contributed by atoms with Crippen molar-refractivity contribution in [2.45, 2.75) is 18.7 Å². The Morgan fingerprint density at radius 3 is 2.31 bits per heavy atom. The van der Waals surface area contributed by atoms with Crippen LogP contribution in [0.3, 0.4) is 0 Å². The second-order valence-corrected chi connectivity index (χ2v) is 7.48. The Bertz CT molecular complexity index is 942. The van der Waals surface area contributed by atoms with Crippen LogP contribution < -0.4 is 15.6 Å². The first-order chi connectivity index (χ1) is 12.2. The SMILES string of the molecule is Cc1ccc(S(=O)(=O)N(CC(=O)NN)c2ccc([N+](=O)[O-])cc2C)cc1. The van der Waals surface area contributed by atoms with E-state index < -0.39 is 27.4 Å². The van der Waals surface area contributed by atoms with Crippen LogP contribution in [0.25, 0.3) is 0 Å². The molecule has 0 bridgehead atoms. The summed E-state index contributed by atoms with van der Waals surface area (Å²) in [6.07, 6.45) is 0. The Kier molecular flexibility index (Phi) is 5.58. The summed E-state index contributed by atoms with van der Waals surface area (Å²) in [5.41, 5.74) is 3.08. The van der Waals surface area contributed by atoms with Crippen molar-refractivity contribution in [2.75, 3.05) is 10.8 Å². The minimum absolute atomic E-state index is 0.00863. The van der Waals surface area contributed by atoms with E-state index in [9.17, 15) is 23.3 Å². The summed E-state index contributed by atoms with van der Waals surface area (Å²) in [5.74, 6) is 4.37. The number of nitrogens with one attached hydrogen (secondary N) is 1. The average molecular weight is 378 g/mol. The highest BCUT2D eigenvalue weighted by atomic mass is 32.2. The summed E-state index contributed by atoms with van der Waals surface area (Å²) < 4.78 is 26.9. The lowest BCUT2D eigenvalue weighted by Gasteiger charge is -2.25. The lowest BCUT2D eigenvalue weighted by Crippen LogP contribution is -2.43. The van der Waals surface area contributed by atoms with Crippen LogP contribution in [0.5, 0.6) is 0 Å². The number of sulfonamides is 1. The number of nitrogens with zero attached hydrogens (tertiary/aromatic N) is 2. The summed E-state index contributed by atoms with van der Waals surface area (Å²) in [7, 11) is -4.08. The van der Waals surface area contributed by atoms with Gasteiger partial charge in [0.05, 0.1) is 15.5 Å². The maximum Gasteiger partial charge on any atom is 0.269 e. The Balaban J connectivity index is 2.58. The van der Waals surface area contributed by atoms with E-state index in [-0.39, 0.29) is 16.3 Å². The monoisotopic (exact) mass is 378 g/mol. The number of aryl methyl sites for hydroxylation is 2. The molecule has 0 saturated heterocycles. The first kappa shape index (κ1) is 19.3. The molecule has 0 heterocycles. The Hall–Kier alpha value is -2.98. The second-order valence-electron chi connectivity index (χ2n) is 5.62. The predicted octanol–water partition coefficient (Wildman–Crippen LogP) is 1.40. The fraction of sp³-hybridized carbons (Fsp3) is 0.188. The van der Waals surface area contributed by atoms with E-state index in [2.05, 4.69) is 0 Å². The molecule has 0 radical (unpaired) electrons. The van der Waals surface area contributed by atoms with Crippen molar-refractivity contribution >= 4 is 27.3 Å². The third-order valence-corrected chi connectivity index (χ3v) is 5.49. The molecule has 1 amide bonds. The lowest BCUT2D eigenvalue weighted by molar-refractivity contribution is -0.384. The van der Waals surface area contributed by atoms with E-state index in [0.29, 0.717) is 5.56 Å². The zero-order chi connectivity index (χ0) is 19.5. The highest BCUT2D eigenvalue weighted by Crippen LogP contribution is 2.29. The number of benzene rings is 2. The molecule has 138 valence electrons. The number of nitro benzene ring substituents is 1. The van der Waals surface area contributed by atoms with Crippen molar-refractivity contribution in [1.82, 2.24) is 5.43 Å². The molecule has 26 heavy (non-hydrogen) atoms. The first-order valence-electron chi connectivity index (χ1n) is 7.50. The topological polar surface area (TPSA) is 136 Å². The maximum absolute atomic E-state index is 13.0. The largest absolute Gasteiger partial charge is 0.293 e. The van der Waals surface area contributed by atoms with E-state index in [1.165, 1.54) is 37.3 Å². The van der Waals surface area contributed by atoms with Gasteiger partial charge < -0.3 is 0 Å². The van der Waals surface area contributed by atoms with Crippen molar-refractivity contribution in [3.8, 4) is 0 Å². The summed E-state index contributed by atoms with van der Waals surface area (Å²) in [6, 6.07) is 9.85. The molecule has 0 saturated carbocycles. The zero-order valence-electron chi connectivity index (χ0n) is 14.2. The van der Waals surface area contributed by atoms with Crippen LogP contribution in [-0.2, 0) is 14.8 Å². The van der Waals surface area contributed by atoms with Gasteiger partial charge in [0.1, 0.15) is 6.54 Å². The molecule has 10 heteroatoms. The van der Waals surface area contributed by atoms with Gasteiger partial charge in [-0.2, -0.15) is 0 Å². The van der Waals surface area contributed by atoms with Crippen LogP contribution in [0.1, 0.15) is 11.1 Å². The fourth-order valence-corrected chi connectivity index (χ4v) is 3.83. The van der Waals surface area contributed by atoms with E-state index in [4.69, 9.17) is 5.84 Å². The minimum atomic E-state index is -4.08. The molecule has 0 spiro atoms. The molecule has 3 N–H and O–H groups in total. The number of hydrogen-bond acceptors (Lipinski definition) is 6. The van der Waals surface area contributed by atoms with Crippen molar-refractivity contribution in [1.29, 1.82) is 0 Å². The van der Waals surface area contributed by atoms with Crippen LogP contribution in [0.4, 0.5) is 11.4 Å². The lowest BCUT2D eigenvalue weighted by atomic mass is 10.2. The van der Waals surface area contributed by atoms with Crippen molar-refractivity contribution in [2.24, 2.45) is 5.84 Å². The molecule has 0 aromatic heterocycles. The Morgan fingerprint density at radius 2 is 1.81 bits per heavy atom. The summed E-state index contributed by atoms with van der Waals surface area (Å²) in [4.78, 5) is 22.1. The van der Waals surface area contributed by atoms with Crippen molar-refractivity contribution in [3.63, 3.8) is 0 Å². The van der Waals surface area contributed by atoms with Gasteiger partial charge in [-0.05, 0) is 37.6 Å². The Morgan fingerprint density at radius 1 is 1.19 bits per heavy atom. The minimum Gasteiger partial charge on any atom is -0.293 e. The number of hydrogen-bond donors (Lipinski definition) is 2. The van der Waals surface area contributed by atoms with E-state index in [1.807, 2.05) is 12.3 Å². The third kappa shape index (κ3) is 3.98. The molecular weight excluding hydrogens is 360 g/mol. The maximum atomic E-state index is 13.0. The molecule has 2 aromatic rings. The van der Waals surface area contributed by atoms with Crippen LogP contribution in [0.2, 0.25) is 0 Å². The number of amides is 1. The number of carbonyl (C=O) groups is 1. The second kappa shape index (κ2) is 7.50. The molecule has 0 unspecified atom stereocenters. The number of rotatable bonds is 6. The van der Waals surface area contributed by atoms with Gasteiger partial charge in [-0.25, -0.2) is 14.3 Å². The number of carbonyl (C=O) groups excluding carboxylic acids is 1. The van der Waals surface area contributed by atoms with Crippen LogP contribution in [-0.4, -0.2) is 25.8 Å². The summed E-state index contributed by atoms with van der Waals surface area (Å²) >= 11 is 0. The van der Waals surface area contributed by atoms with E-state index >= 15 is 0 Å². The number of hydrazine groups is 1. The quantitative estimate of drug-likeness (QED) is 0.337. The molecule has 0 atom stereocenters. The Labute approximate surface area is 150 Å². The third-order valence-electron chi connectivity index (χ3n) is 3.72. The smallest absolute Gasteiger partial charge is 0.269 e. The molecule has 2 rings (SSSR count). The van der Waals surface area contributed by atoms with Crippen molar-refractivity contribution < 1.29 is 18.1 Å². The van der Waals surface area contributed by atoms with Crippen LogP contribution in [0.15, 0.2) is 47.4 Å². The normalized spacial score (nSPS) is 11.0. The van der Waals surface area contributed by atoms with E-state index in [0.717, 1.165) is 9.87 Å². The molecule has 0 aliphatic carbocycles. The van der Waals surface area contributed by atoms with Gasteiger partial charge in [-0.15, -0.1) is 0 Å². The average Bonchev–Trinajstić information content (AvgIpc) is 2.59. The summed E-state index contributed by atoms with van der Waals surface area (Å²) in [6.45, 7) is 2.78. The highest BCUT2D eigenvalue weighted by Gasteiger charge is 2.28. The number of nitrogens with two attached hydrogens (primary N) is 1. The predicted molar refractivity (Wildman–Crippen MR) is 95.9 cm³/mol.